The highest BCUT2D eigenvalue weighted by Crippen LogP contribution is 2.40. The van der Waals surface area contributed by atoms with Crippen LogP contribution in [0.2, 0.25) is 5.82 Å². The molecule has 3 nitrogen and oxygen atoms in total. The quantitative estimate of drug-likeness (QED) is 0.263. The van der Waals surface area contributed by atoms with Crippen LogP contribution in [0.5, 0.6) is 0 Å². The molecule has 1 aliphatic rings. The fourth-order valence-electron chi connectivity index (χ4n) is 2.63. The van der Waals surface area contributed by atoms with Crippen molar-refractivity contribution in [3.8, 4) is 0 Å². The summed E-state index contributed by atoms with van der Waals surface area (Å²) in [6, 6.07) is 0. The number of alkyl halides is 1. The molecule has 0 spiro atoms. The summed E-state index contributed by atoms with van der Waals surface area (Å²) < 4.78 is 4.94. The second-order valence-corrected chi connectivity index (χ2v) is 8.81. The molecule has 20 heavy (non-hydrogen) atoms. The van der Waals surface area contributed by atoms with Gasteiger partial charge >= 0.3 is 5.97 Å². The van der Waals surface area contributed by atoms with E-state index in [9.17, 15) is 9.90 Å². The van der Waals surface area contributed by atoms with Gasteiger partial charge in [0.2, 0.25) is 0 Å². The Morgan fingerprint density at radius 3 is 2.65 bits per heavy atom. The maximum absolute atomic E-state index is 12.4. The van der Waals surface area contributed by atoms with Crippen molar-refractivity contribution in [3.63, 3.8) is 0 Å². The normalized spacial score (nSPS) is 34.9. The summed E-state index contributed by atoms with van der Waals surface area (Å²) in [7, 11) is 5.85. The van der Waals surface area contributed by atoms with Gasteiger partial charge in [0, 0.05) is 6.42 Å². The van der Waals surface area contributed by atoms with Gasteiger partial charge in [-0.1, -0.05) is 47.8 Å². The predicted molar refractivity (Wildman–Crippen MR) is 90.3 cm³/mol. The molecular weight excluding hydrogens is 366 g/mol. The Morgan fingerprint density at radius 1 is 1.65 bits per heavy atom. The third kappa shape index (κ3) is 4.23. The van der Waals surface area contributed by atoms with Crippen molar-refractivity contribution < 1.29 is 14.6 Å². The van der Waals surface area contributed by atoms with Gasteiger partial charge in [-0.25, -0.2) is 0 Å². The molecule has 1 aliphatic carbocycles. The first-order valence-electron chi connectivity index (χ1n) is 7.03. The second kappa shape index (κ2) is 5.99. The topological polar surface area (TPSA) is 46.5 Å². The van der Waals surface area contributed by atoms with Crippen LogP contribution >= 0.6 is 22.6 Å². The summed E-state index contributed by atoms with van der Waals surface area (Å²) in [5, 5.41) is 10.4. The Balaban J connectivity index is 2.97. The van der Waals surface area contributed by atoms with Crippen LogP contribution in [-0.2, 0) is 9.53 Å². The van der Waals surface area contributed by atoms with Crippen molar-refractivity contribution in [2.45, 2.75) is 74.3 Å². The van der Waals surface area contributed by atoms with Crippen molar-refractivity contribution in [1.82, 2.24) is 0 Å². The molecule has 2 radical (unpaired) electrons. The van der Waals surface area contributed by atoms with E-state index in [0.29, 0.717) is 12.8 Å². The number of carbonyl (C=O) groups excluding carboxylic acids is 1. The number of carbonyl (C=O) groups is 1. The first kappa shape index (κ1) is 18.0. The summed E-state index contributed by atoms with van der Waals surface area (Å²) in [6.07, 6.45) is 3.86. The van der Waals surface area contributed by atoms with Crippen molar-refractivity contribution in [1.29, 1.82) is 0 Å². The molecule has 0 aromatic rings. The second-order valence-electron chi connectivity index (χ2n) is 6.57. The zero-order valence-electron chi connectivity index (χ0n) is 13.0. The van der Waals surface area contributed by atoms with Gasteiger partial charge in [0.25, 0.3) is 0 Å². The van der Waals surface area contributed by atoms with E-state index in [1.165, 1.54) is 0 Å². The van der Waals surface area contributed by atoms with E-state index in [1.807, 2.05) is 42.5 Å². The predicted octanol–water partition coefficient (Wildman–Crippen LogP) is 3.34. The molecule has 5 heteroatoms. The van der Waals surface area contributed by atoms with E-state index in [0.717, 1.165) is 12.0 Å². The van der Waals surface area contributed by atoms with E-state index in [2.05, 4.69) is 0 Å². The Bertz CT molecular complexity index is 415. The van der Waals surface area contributed by atoms with Crippen LogP contribution in [0.1, 0.15) is 53.9 Å². The largest absolute Gasteiger partial charge is 0.454 e. The molecule has 0 aromatic heterocycles. The highest BCUT2D eigenvalue weighted by molar-refractivity contribution is 14.1. The molecule has 0 bridgehead atoms. The lowest BCUT2D eigenvalue weighted by molar-refractivity contribution is -0.161. The molecule has 0 aromatic carbocycles. The third-order valence-corrected chi connectivity index (χ3v) is 5.31. The number of hydrogen-bond acceptors (Lipinski definition) is 3. The summed E-state index contributed by atoms with van der Waals surface area (Å²) in [6.45, 7) is 9.24. The van der Waals surface area contributed by atoms with Crippen LogP contribution in [0.4, 0.5) is 0 Å². The van der Waals surface area contributed by atoms with Gasteiger partial charge < -0.3 is 9.84 Å². The molecule has 1 rings (SSSR count). The van der Waals surface area contributed by atoms with Crippen LogP contribution in [0.3, 0.4) is 0 Å². The standard InChI is InChI=1S/C15H24BIO3/c1-6-11-7-13(3,19)9-14(4,8-11)20-12(18)15(5,17)10(2)16/h8,10,19H,6-7,9H2,1-5H3. The van der Waals surface area contributed by atoms with E-state index < -0.39 is 14.6 Å². The third-order valence-electron chi connectivity index (χ3n) is 3.88. The van der Waals surface area contributed by atoms with Crippen LogP contribution in [-0.4, -0.2) is 33.5 Å². The van der Waals surface area contributed by atoms with Gasteiger partial charge in [0.1, 0.15) is 9.02 Å². The first-order valence-corrected chi connectivity index (χ1v) is 8.11. The molecular formula is C15H24BIO3. The van der Waals surface area contributed by atoms with E-state index in [4.69, 9.17) is 12.6 Å². The number of hydrogen-bond donors (Lipinski definition) is 1. The lowest BCUT2D eigenvalue weighted by Gasteiger charge is -2.41. The summed E-state index contributed by atoms with van der Waals surface area (Å²) in [5.41, 5.74) is -0.496. The Morgan fingerprint density at radius 2 is 2.20 bits per heavy atom. The Labute approximate surface area is 137 Å². The molecule has 0 saturated carbocycles. The van der Waals surface area contributed by atoms with Crippen molar-refractivity contribution in [2.24, 2.45) is 0 Å². The Hall–Kier alpha value is -0.0351. The average molecular weight is 390 g/mol. The van der Waals surface area contributed by atoms with Crippen molar-refractivity contribution in [2.75, 3.05) is 0 Å². The van der Waals surface area contributed by atoms with E-state index in [1.54, 1.807) is 20.8 Å². The number of ether oxygens (including phenoxy) is 1. The maximum atomic E-state index is 12.4. The molecule has 0 saturated heterocycles. The van der Waals surface area contributed by atoms with Gasteiger partial charge in [-0.05, 0) is 39.7 Å². The minimum atomic E-state index is -0.842. The van der Waals surface area contributed by atoms with Crippen LogP contribution < -0.4 is 0 Å². The van der Waals surface area contributed by atoms with Gasteiger partial charge in [0.15, 0.2) is 0 Å². The SMILES string of the molecule is [B]C(C)C(C)(I)C(=O)OC1(C)C=C(CC)CC(C)(O)C1. The molecule has 0 aliphatic heterocycles. The fraction of sp³-hybridized carbons (Fsp3) is 0.800. The molecule has 0 heterocycles. The van der Waals surface area contributed by atoms with Gasteiger partial charge in [-0.15, -0.1) is 0 Å². The monoisotopic (exact) mass is 390 g/mol. The molecule has 1 N–H and O–H groups in total. The minimum Gasteiger partial charge on any atom is -0.454 e. The molecule has 0 fully saturated rings. The molecule has 4 atom stereocenters. The fourth-order valence-corrected chi connectivity index (χ4v) is 2.74. The highest BCUT2D eigenvalue weighted by atomic mass is 127. The zero-order chi connectivity index (χ0) is 15.8. The van der Waals surface area contributed by atoms with Crippen molar-refractivity contribution in [3.05, 3.63) is 11.6 Å². The number of halogens is 1. The number of esters is 1. The molecule has 0 amide bonds. The lowest BCUT2D eigenvalue weighted by Crippen LogP contribution is -2.47. The number of rotatable bonds is 4. The van der Waals surface area contributed by atoms with Crippen LogP contribution in [0, 0.1) is 0 Å². The van der Waals surface area contributed by atoms with Gasteiger partial charge in [-0.2, -0.15) is 0 Å². The van der Waals surface area contributed by atoms with E-state index >= 15 is 0 Å². The van der Waals surface area contributed by atoms with Gasteiger partial charge in [0.05, 0.1) is 13.4 Å². The van der Waals surface area contributed by atoms with E-state index in [-0.39, 0.29) is 11.8 Å². The first-order chi connectivity index (χ1) is 8.92. The minimum absolute atomic E-state index is 0.307. The summed E-state index contributed by atoms with van der Waals surface area (Å²) in [5.74, 6) is -0.641. The smallest absolute Gasteiger partial charge is 0.322 e. The van der Waals surface area contributed by atoms with Crippen molar-refractivity contribution >= 4 is 36.4 Å². The zero-order valence-corrected chi connectivity index (χ0v) is 15.2. The summed E-state index contributed by atoms with van der Waals surface area (Å²) >= 11 is 2.04. The van der Waals surface area contributed by atoms with Gasteiger partial charge in [-0.3, -0.25) is 4.79 Å². The highest BCUT2D eigenvalue weighted by Gasteiger charge is 2.44. The summed E-state index contributed by atoms with van der Waals surface area (Å²) in [4.78, 5) is 12.4. The molecule has 4 unspecified atom stereocenters. The average Bonchev–Trinajstić information content (AvgIpc) is 2.25. The van der Waals surface area contributed by atoms with Crippen LogP contribution in [0.15, 0.2) is 11.6 Å². The molecule has 112 valence electrons. The van der Waals surface area contributed by atoms with Crippen LogP contribution in [0.25, 0.3) is 0 Å². The number of aliphatic hydroxyl groups is 1. The lowest BCUT2D eigenvalue weighted by atomic mass is 9.76. The maximum Gasteiger partial charge on any atom is 0.322 e. The Kier molecular flexibility index (Phi) is 5.40.